The van der Waals surface area contributed by atoms with Crippen LogP contribution in [0.5, 0.6) is 5.75 Å². The number of esters is 1. The van der Waals surface area contributed by atoms with Crippen molar-refractivity contribution < 1.29 is 19.4 Å². The lowest BCUT2D eigenvalue weighted by Gasteiger charge is -2.03. The van der Waals surface area contributed by atoms with Gasteiger partial charge in [-0.05, 0) is 35.7 Å². The first kappa shape index (κ1) is 15.7. The van der Waals surface area contributed by atoms with Crippen molar-refractivity contribution in [1.29, 1.82) is 0 Å². The van der Waals surface area contributed by atoms with Crippen molar-refractivity contribution in [3.8, 4) is 5.75 Å². The summed E-state index contributed by atoms with van der Waals surface area (Å²) in [4.78, 5) is 25.3. The van der Waals surface area contributed by atoms with E-state index in [9.17, 15) is 9.59 Å². The molecule has 0 fully saturated rings. The van der Waals surface area contributed by atoms with Crippen LogP contribution in [0.3, 0.4) is 0 Å². The Morgan fingerprint density at radius 2 is 1.91 bits per heavy atom. The van der Waals surface area contributed by atoms with Gasteiger partial charge in [-0.2, -0.15) is 0 Å². The average Bonchev–Trinajstić information content (AvgIpc) is 2.96. The Labute approximate surface area is 130 Å². The number of benzene rings is 1. The number of carbonyl (C=O) groups excluding carboxylic acids is 1. The van der Waals surface area contributed by atoms with Gasteiger partial charge in [-0.15, -0.1) is 11.3 Å². The van der Waals surface area contributed by atoms with Crippen LogP contribution in [0.2, 0.25) is 0 Å². The zero-order valence-corrected chi connectivity index (χ0v) is 12.5. The number of carboxylic acid groups (broad SMARTS) is 1. The van der Waals surface area contributed by atoms with Gasteiger partial charge in [0.1, 0.15) is 11.3 Å². The van der Waals surface area contributed by atoms with Gasteiger partial charge < -0.3 is 9.84 Å². The number of hydrogen-bond acceptors (Lipinski definition) is 5. The normalized spacial score (nSPS) is 9.68. The van der Waals surface area contributed by atoms with E-state index in [1.165, 1.54) is 23.8 Å². The number of thiophene rings is 1. The highest BCUT2D eigenvalue weighted by Crippen LogP contribution is 2.17. The van der Waals surface area contributed by atoms with E-state index in [1.54, 1.807) is 23.5 Å². The summed E-state index contributed by atoms with van der Waals surface area (Å²) in [7, 11) is 0. The van der Waals surface area contributed by atoms with E-state index < -0.39 is 11.9 Å². The molecule has 6 heteroatoms. The fourth-order valence-corrected chi connectivity index (χ4v) is 2.43. The maximum atomic E-state index is 10.6. The zero-order chi connectivity index (χ0) is 15.9. The molecule has 22 heavy (non-hydrogen) atoms. The first-order valence-corrected chi connectivity index (χ1v) is 7.25. The molecule has 0 bridgehead atoms. The van der Waals surface area contributed by atoms with Gasteiger partial charge in [0.15, 0.2) is 0 Å². The van der Waals surface area contributed by atoms with Crippen LogP contribution in [-0.4, -0.2) is 22.0 Å². The van der Waals surface area contributed by atoms with Crippen LogP contribution < -0.4 is 4.74 Å². The molecule has 0 unspecified atom stereocenters. The van der Waals surface area contributed by atoms with Gasteiger partial charge in [-0.3, -0.25) is 9.78 Å². The number of ether oxygens (including phenoxy) is 1. The van der Waals surface area contributed by atoms with Gasteiger partial charge >= 0.3 is 11.9 Å². The molecule has 0 spiro atoms. The maximum Gasteiger partial charge on any atom is 0.339 e. The second-order valence-corrected chi connectivity index (χ2v) is 5.15. The summed E-state index contributed by atoms with van der Waals surface area (Å²) in [6, 6.07) is 12.0. The minimum absolute atomic E-state index is 0.0160. The summed E-state index contributed by atoms with van der Waals surface area (Å²) in [6.45, 7) is 1.22. The number of nitrogens with zero attached hydrogens (tertiary/aromatic N) is 1. The van der Waals surface area contributed by atoms with E-state index in [0.717, 1.165) is 5.52 Å². The van der Waals surface area contributed by atoms with Crippen molar-refractivity contribution in [1.82, 2.24) is 4.98 Å². The second kappa shape index (κ2) is 7.33. The van der Waals surface area contributed by atoms with Crippen LogP contribution in [0.25, 0.3) is 10.2 Å². The van der Waals surface area contributed by atoms with Gasteiger partial charge in [-0.25, -0.2) is 4.79 Å². The highest BCUT2D eigenvalue weighted by atomic mass is 32.1. The Morgan fingerprint density at radius 3 is 2.59 bits per heavy atom. The number of rotatable bonds is 2. The Hall–Kier alpha value is -2.73. The molecule has 0 atom stereocenters. The first-order valence-electron chi connectivity index (χ1n) is 6.37. The summed E-state index contributed by atoms with van der Waals surface area (Å²) < 4.78 is 5.95. The molecule has 0 radical (unpaired) electrons. The number of aromatic carboxylic acids is 1. The van der Waals surface area contributed by atoms with Crippen LogP contribution in [0, 0.1) is 0 Å². The molecule has 5 nitrogen and oxygen atoms in total. The molecular formula is C16H13NO4S. The Kier molecular flexibility index (Phi) is 5.21. The molecule has 1 aromatic carbocycles. The molecule has 2 heterocycles. The summed E-state index contributed by atoms with van der Waals surface area (Å²) in [5.74, 6) is -1.58. The minimum atomic E-state index is -1.11. The maximum absolute atomic E-state index is 10.6. The minimum Gasteiger partial charge on any atom is -0.478 e. The van der Waals surface area contributed by atoms with E-state index >= 15 is 0 Å². The Morgan fingerprint density at radius 1 is 1.14 bits per heavy atom. The topological polar surface area (TPSA) is 76.5 Å². The molecule has 3 aromatic rings. The third-order valence-electron chi connectivity index (χ3n) is 2.59. The lowest BCUT2D eigenvalue weighted by Crippen LogP contribution is -2.06. The van der Waals surface area contributed by atoms with Crippen LogP contribution in [0.4, 0.5) is 0 Å². The van der Waals surface area contributed by atoms with Crippen LogP contribution in [0.15, 0.2) is 54.0 Å². The lowest BCUT2D eigenvalue weighted by atomic mass is 10.2. The highest BCUT2D eigenvalue weighted by molar-refractivity contribution is 7.17. The third-order valence-corrected chi connectivity index (χ3v) is 3.46. The molecule has 112 valence electrons. The summed E-state index contributed by atoms with van der Waals surface area (Å²) in [5.41, 5.74) is 1.08. The number of fused-ring (bicyclic) bond motifs is 1. The number of hydrogen-bond donors (Lipinski definition) is 1. The molecule has 0 saturated heterocycles. The Balaban J connectivity index is 0.000000170. The van der Waals surface area contributed by atoms with Crippen molar-refractivity contribution in [2.24, 2.45) is 0 Å². The second-order valence-electron chi connectivity index (χ2n) is 4.20. The smallest absolute Gasteiger partial charge is 0.339 e. The molecule has 2 aromatic heterocycles. The van der Waals surface area contributed by atoms with Gasteiger partial charge in [0, 0.05) is 13.1 Å². The molecule has 0 aliphatic carbocycles. The van der Waals surface area contributed by atoms with Gasteiger partial charge in [0.05, 0.1) is 10.2 Å². The fourth-order valence-electron chi connectivity index (χ4n) is 1.69. The van der Waals surface area contributed by atoms with Gasteiger partial charge in [0.2, 0.25) is 0 Å². The summed E-state index contributed by atoms with van der Waals surface area (Å²) in [5, 5.41) is 10.7. The Bertz CT molecular complexity index is 767. The quantitative estimate of drug-likeness (QED) is 0.577. The number of carboxylic acids is 1. The van der Waals surface area contributed by atoms with E-state index in [-0.39, 0.29) is 11.3 Å². The molecule has 3 rings (SSSR count). The first-order chi connectivity index (χ1) is 10.6. The van der Waals surface area contributed by atoms with Crippen molar-refractivity contribution >= 4 is 33.5 Å². The molecular weight excluding hydrogens is 302 g/mol. The molecule has 1 N–H and O–H groups in total. The highest BCUT2D eigenvalue weighted by Gasteiger charge is 2.10. The monoisotopic (exact) mass is 315 g/mol. The van der Waals surface area contributed by atoms with E-state index in [1.807, 2.05) is 18.3 Å². The lowest BCUT2D eigenvalue weighted by molar-refractivity contribution is -0.131. The van der Waals surface area contributed by atoms with Crippen molar-refractivity contribution in [3.63, 3.8) is 0 Å². The summed E-state index contributed by atoms with van der Waals surface area (Å²) in [6.07, 6.45) is 1.81. The van der Waals surface area contributed by atoms with Gasteiger partial charge in [-0.1, -0.05) is 12.1 Å². The largest absolute Gasteiger partial charge is 0.478 e. The average molecular weight is 315 g/mol. The van der Waals surface area contributed by atoms with E-state index in [2.05, 4.69) is 21.2 Å². The van der Waals surface area contributed by atoms with Crippen molar-refractivity contribution in [3.05, 3.63) is 59.6 Å². The molecule has 0 amide bonds. The van der Waals surface area contributed by atoms with Crippen LogP contribution >= 0.6 is 11.3 Å². The number of pyridine rings is 1. The molecule has 0 aliphatic heterocycles. The molecule has 0 aliphatic rings. The number of carbonyl (C=O) groups is 2. The standard InChI is InChI=1S/C9H8O4.C7H5NS/c1-6(10)13-8-5-3-2-4-7(8)9(11)12;1-2-7-6(8-4-1)3-5-9-7/h2-5H,1H3,(H,11,12);1-5H. The van der Waals surface area contributed by atoms with Crippen molar-refractivity contribution in [2.45, 2.75) is 6.92 Å². The fraction of sp³-hybridized carbons (Fsp3) is 0.0625. The number of aromatic nitrogens is 1. The van der Waals surface area contributed by atoms with Crippen LogP contribution in [-0.2, 0) is 4.79 Å². The summed E-state index contributed by atoms with van der Waals surface area (Å²) >= 11 is 1.72. The predicted molar refractivity (Wildman–Crippen MR) is 84.3 cm³/mol. The zero-order valence-electron chi connectivity index (χ0n) is 11.7. The van der Waals surface area contributed by atoms with Crippen molar-refractivity contribution in [2.75, 3.05) is 0 Å². The van der Waals surface area contributed by atoms with Gasteiger partial charge in [0.25, 0.3) is 0 Å². The SMILES string of the molecule is CC(=O)Oc1ccccc1C(=O)O.c1cnc2ccsc2c1. The van der Waals surface area contributed by atoms with E-state index in [0.29, 0.717) is 0 Å². The number of para-hydroxylation sites is 1. The molecule has 0 saturated carbocycles. The van der Waals surface area contributed by atoms with E-state index in [4.69, 9.17) is 5.11 Å². The third kappa shape index (κ3) is 4.13. The van der Waals surface area contributed by atoms with Crippen LogP contribution in [0.1, 0.15) is 17.3 Å². The predicted octanol–water partition coefficient (Wildman–Crippen LogP) is 3.61.